The molecule has 4 rings (SSSR count). The van der Waals surface area contributed by atoms with Crippen LogP contribution in [0.25, 0.3) is 0 Å². The molecule has 5 heteroatoms. The van der Waals surface area contributed by atoms with E-state index in [-0.39, 0.29) is 5.75 Å². The number of para-hydroxylation sites is 1. The van der Waals surface area contributed by atoms with Crippen LogP contribution in [0.3, 0.4) is 0 Å². The maximum Gasteiger partial charge on any atom is 0.138 e. The van der Waals surface area contributed by atoms with Gasteiger partial charge in [-0.05, 0) is 24.3 Å². The molecular formula is C17H18N4O. The molecule has 112 valence electrons. The molecule has 0 bridgehead atoms. The van der Waals surface area contributed by atoms with Gasteiger partial charge >= 0.3 is 0 Å². The number of aromatic hydroxyl groups is 1. The predicted octanol–water partition coefficient (Wildman–Crippen LogP) is 2.43. The number of phenols is 1. The zero-order valence-electron chi connectivity index (χ0n) is 12.2. The summed E-state index contributed by atoms with van der Waals surface area (Å²) < 4.78 is 0. The van der Waals surface area contributed by atoms with Crippen molar-refractivity contribution in [3.05, 3.63) is 48.0 Å². The second-order valence-electron chi connectivity index (χ2n) is 5.54. The summed E-state index contributed by atoms with van der Waals surface area (Å²) in [5.41, 5.74) is 3.82. The number of phenolic OH excluding ortho intramolecular Hbond substituents is 1. The van der Waals surface area contributed by atoms with E-state index in [4.69, 9.17) is 4.99 Å². The van der Waals surface area contributed by atoms with Crippen molar-refractivity contribution in [2.24, 2.45) is 4.99 Å². The Morgan fingerprint density at radius 1 is 1.00 bits per heavy atom. The van der Waals surface area contributed by atoms with Crippen molar-refractivity contribution in [2.75, 3.05) is 31.5 Å². The van der Waals surface area contributed by atoms with E-state index in [1.807, 2.05) is 18.2 Å². The molecule has 0 saturated carbocycles. The molecule has 0 aromatic heterocycles. The van der Waals surface area contributed by atoms with Crippen LogP contribution in [0.4, 0.5) is 17.1 Å². The monoisotopic (exact) mass is 294 g/mol. The number of fused-ring (bicyclic) bond motifs is 2. The molecule has 22 heavy (non-hydrogen) atoms. The van der Waals surface area contributed by atoms with Gasteiger partial charge in [0.15, 0.2) is 0 Å². The summed E-state index contributed by atoms with van der Waals surface area (Å²) in [4.78, 5) is 7.16. The molecule has 1 saturated heterocycles. The summed E-state index contributed by atoms with van der Waals surface area (Å²) in [6, 6.07) is 13.5. The quantitative estimate of drug-likeness (QED) is 0.653. The summed E-state index contributed by atoms with van der Waals surface area (Å²) in [7, 11) is 0. The minimum absolute atomic E-state index is 0.231. The van der Waals surface area contributed by atoms with E-state index in [9.17, 15) is 5.11 Å². The number of rotatable bonds is 0. The van der Waals surface area contributed by atoms with Crippen LogP contribution in [0.15, 0.2) is 47.5 Å². The van der Waals surface area contributed by atoms with E-state index in [0.29, 0.717) is 0 Å². The number of amidine groups is 1. The molecule has 2 aromatic rings. The Morgan fingerprint density at radius 2 is 1.82 bits per heavy atom. The normalized spacial score (nSPS) is 16.9. The van der Waals surface area contributed by atoms with E-state index in [0.717, 1.165) is 54.6 Å². The number of aliphatic imine (C=N–C) groups is 1. The lowest BCUT2D eigenvalue weighted by atomic mass is 10.1. The lowest BCUT2D eigenvalue weighted by Gasteiger charge is -2.30. The fourth-order valence-corrected chi connectivity index (χ4v) is 2.94. The fraction of sp³-hybridized carbons (Fsp3) is 0.235. The summed E-state index contributed by atoms with van der Waals surface area (Å²) in [5, 5.41) is 16.6. The maximum atomic E-state index is 9.77. The average Bonchev–Trinajstić information content (AvgIpc) is 2.72. The van der Waals surface area contributed by atoms with Crippen molar-refractivity contribution in [3.8, 4) is 5.75 Å². The molecule has 2 aliphatic heterocycles. The first-order valence-corrected chi connectivity index (χ1v) is 7.55. The minimum Gasteiger partial charge on any atom is -0.508 e. The summed E-state index contributed by atoms with van der Waals surface area (Å²) in [5.74, 6) is 1.20. The van der Waals surface area contributed by atoms with Crippen LogP contribution in [-0.2, 0) is 0 Å². The van der Waals surface area contributed by atoms with Crippen molar-refractivity contribution in [3.63, 3.8) is 0 Å². The third-order valence-corrected chi connectivity index (χ3v) is 4.06. The van der Waals surface area contributed by atoms with Crippen LogP contribution in [-0.4, -0.2) is 42.0 Å². The Kier molecular flexibility index (Phi) is 3.20. The van der Waals surface area contributed by atoms with Crippen LogP contribution in [0.1, 0.15) is 5.56 Å². The number of anilines is 2. The third kappa shape index (κ3) is 2.29. The van der Waals surface area contributed by atoms with Crippen molar-refractivity contribution in [1.29, 1.82) is 0 Å². The highest BCUT2D eigenvalue weighted by Gasteiger charge is 2.22. The first-order chi connectivity index (χ1) is 10.8. The van der Waals surface area contributed by atoms with Crippen LogP contribution in [0, 0.1) is 0 Å². The van der Waals surface area contributed by atoms with Gasteiger partial charge in [0.05, 0.1) is 11.4 Å². The van der Waals surface area contributed by atoms with E-state index < -0.39 is 0 Å². The first kappa shape index (κ1) is 13.2. The molecule has 0 spiro atoms. The first-order valence-electron chi connectivity index (χ1n) is 7.55. The van der Waals surface area contributed by atoms with Gasteiger partial charge in [-0.15, -0.1) is 0 Å². The smallest absolute Gasteiger partial charge is 0.138 e. The van der Waals surface area contributed by atoms with E-state index in [1.54, 1.807) is 12.1 Å². The minimum atomic E-state index is 0.231. The van der Waals surface area contributed by atoms with Gasteiger partial charge in [0.25, 0.3) is 0 Å². The zero-order chi connectivity index (χ0) is 14.9. The Balaban J connectivity index is 1.88. The van der Waals surface area contributed by atoms with Gasteiger partial charge in [0.2, 0.25) is 0 Å². The molecule has 2 aliphatic rings. The largest absolute Gasteiger partial charge is 0.508 e. The molecule has 0 unspecified atom stereocenters. The van der Waals surface area contributed by atoms with Crippen molar-refractivity contribution < 1.29 is 5.11 Å². The number of hydrogen-bond donors (Lipinski definition) is 3. The van der Waals surface area contributed by atoms with Crippen LogP contribution < -0.4 is 10.6 Å². The SMILES string of the molecule is Oc1ccc2c(c1)N=C(N1CCNCC1)c1ccccc1N2. The van der Waals surface area contributed by atoms with Gasteiger partial charge in [-0.3, -0.25) is 0 Å². The van der Waals surface area contributed by atoms with Crippen molar-refractivity contribution in [2.45, 2.75) is 0 Å². The average molecular weight is 294 g/mol. The Labute approximate surface area is 129 Å². The second-order valence-corrected chi connectivity index (χ2v) is 5.54. The summed E-state index contributed by atoms with van der Waals surface area (Å²) >= 11 is 0. The highest BCUT2D eigenvalue weighted by atomic mass is 16.3. The van der Waals surface area contributed by atoms with Crippen LogP contribution >= 0.6 is 0 Å². The van der Waals surface area contributed by atoms with Gasteiger partial charge in [-0.25, -0.2) is 4.99 Å². The Morgan fingerprint density at radius 3 is 2.68 bits per heavy atom. The van der Waals surface area contributed by atoms with Gasteiger partial charge in [-0.2, -0.15) is 0 Å². The van der Waals surface area contributed by atoms with Gasteiger partial charge in [-0.1, -0.05) is 12.1 Å². The number of nitrogens with zero attached hydrogens (tertiary/aromatic N) is 2. The molecule has 2 aromatic carbocycles. The standard InChI is InChI=1S/C17H18N4O/c22-12-5-6-15-16(11-12)20-17(21-9-7-18-8-10-21)13-3-1-2-4-14(13)19-15/h1-6,11,18-19,22H,7-10H2. The van der Waals surface area contributed by atoms with Crippen molar-refractivity contribution >= 4 is 22.9 Å². The van der Waals surface area contributed by atoms with E-state index >= 15 is 0 Å². The Hall–Kier alpha value is -2.53. The highest BCUT2D eigenvalue weighted by Crippen LogP contribution is 2.36. The molecular weight excluding hydrogens is 276 g/mol. The molecule has 5 nitrogen and oxygen atoms in total. The van der Waals surface area contributed by atoms with Crippen LogP contribution in [0.2, 0.25) is 0 Å². The molecule has 0 atom stereocenters. The van der Waals surface area contributed by atoms with Gasteiger partial charge in [0, 0.05) is 43.5 Å². The van der Waals surface area contributed by atoms with Crippen LogP contribution in [0.5, 0.6) is 5.75 Å². The summed E-state index contributed by atoms with van der Waals surface area (Å²) in [6.07, 6.45) is 0. The number of nitrogens with one attached hydrogen (secondary N) is 2. The topological polar surface area (TPSA) is 59.9 Å². The molecule has 0 radical (unpaired) electrons. The zero-order valence-corrected chi connectivity index (χ0v) is 12.2. The van der Waals surface area contributed by atoms with Crippen molar-refractivity contribution in [1.82, 2.24) is 10.2 Å². The summed E-state index contributed by atoms with van der Waals surface area (Å²) in [6.45, 7) is 3.78. The van der Waals surface area contributed by atoms with E-state index in [2.05, 4.69) is 27.7 Å². The highest BCUT2D eigenvalue weighted by molar-refractivity contribution is 6.07. The molecule has 2 heterocycles. The third-order valence-electron chi connectivity index (χ3n) is 4.06. The molecule has 1 fully saturated rings. The number of piperazine rings is 1. The van der Waals surface area contributed by atoms with Gasteiger partial charge < -0.3 is 20.6 Å². The molecule has 0 aliphatic carbocycles. The molecule has 3 N–H and O–H groups in total. The van der Waals surface area contributed by atoms with Gasteiger partial charge in [0.1, 0.15) is 11.6 Å². The number of hydrogen-bond acceptors (Lipinski definition) is 5. The molecule has 0 amide bonds. The predicted molar refractivity (Wildman–Crippen MR) is 88.5 cm³/mol. The van der Waals surface area contributed by atoms with E-state index in [1.165, 1.54) is 0 Å². The second kappa shape index (κ2) is 5.35. The lowest BCUT2D eigenvalue weighted by molar-refractivity contribution is 0.358. The maximum absolute atomic E-state index is 9.77. The Bertz CT molecular complexity index is 735. The number of benzene rings is 2. The fourth-order valence-electron chi connectivity index (χ4n) is 2.94. The lowest BCUT2D eigenvalue weighted by Crippen LogP contribution is -2.46.